The van der Waals surface area contributed by atoms with Crippen LogP contribution in [-0.2, 0) is 0 Å². The molecule has 1 atom stereocenters. The van der Waals surface area contributed by atoms with Crippen LogP contribution in [0.2, 0.25) is 0 Å². The van der Waals surface area contributed by atoms with Gasteiger partial charge in [0.05, 0.1) is 13.5 Å². The molecular formula is C10H11BrF3NO2. The van der Waals surface area contributed by atoms with Crippen LogP contribution in [0.4, 0.5) is 13.2 Å². The number of hydrogen-bond acceptors (Lipinski definition) is 3. The molecule has 17 heavy (non-hydrogen) atoms. The summed E-state index contributed by atoms with van der Waals surface area (Å²) in [6.07, 6.45) is -5.60. The lowest BCUT2D eigenvalue weighted by atomic mass is 10.0. The van der Waals surface area contributed by atoms with Crippen molar-refractivity contribution in [3.8, 4) is 11.5 Å². The van der Waals surface area contributed by atoms with Crippen LogP contribution in [0.15, 0.2) is 16.6 Å². The lowest BCUT2D eigenvalue weighted by Crippen LogP contribution is -2.20. The standard InChI is InChI=1S/C10H11BrF3NO2/c1-17-8-3-5(11)2-6(9(8)16)7(15)4-10(12,13)14/h2-3,7,16H,4,15H2,1H3/t7-/m1/s1. The molecule has 0 saturated carbocycles. The number of phenolic OH excluding ortho intramolecular Hbond substituents is 1. The van der Waals surface area contributed by atoms with Gasteiger partial charge in [0.25, 0.3) is 0 Å². The van der Waals surface area contributed by atoms with Crippen molar-refractivity contribution in [2.24, 2.45) is 5.73 Å². The fourth-order valence-electron chi connectivity index (χ4n) is 1.39. The third-order valence-electron chi connectivity index (χ3n) is 2.14. The normalized spacial score (nSPS) is 13.5. The Kier molecular flexibility index (Phi) is 4.26. The Bertz CT molecular complexity index is 409. The lowest BCUT2D eigenvalue weighted by molar-refractivity contribution is -0.138. The maximum Gasteiger partial charge on any atom is 0.390 e. The molecule has 1 aromatic carbocycles. The first-order chi connectivity index (χ1) is 7.74. The fourth-order valence-corrected chi connectivity index (χ4v) is 1.85. The highest BCUT2D eigenvalue weighted by atomic mass is 79.9. The first-order valence-corrected chi connectivity index (χ1v) is 5.42. The van der Waals surface area contributed by atoms with E-state index in [1.165, 1.54) is 19.2 Å². The third kappa shape index (κ3) is 3.78. The number of rotatable bonds is 3. The van der Waals surface area contributed by atoms with Crippen molar-refractivity contribution in [2.75, 3.05) is 7.11 Å². The number of alkyl halides is 3. The molecule has 0 fully saturated rings. The van der Waals surface area contributed by atoms with Gasteiger partial charge in [-0.05, 0) is 12.1 Å². The number of halogens is 4. The smallest absolute Gasteiger partial charge is 0.390 e. The van der Waals surface area contributed by atoms with Crippen molar-refractivity contribution in [2.45, 2.75) is 18.6 Å². The number of nitrogens with two attached hydrogens (primary N) is 1. The van der Waals surface area contributed by atoms with Gasteiger partial charge in [0, 0.05) is 16.1 Å². The van der Waals surface area contributed by atoms with Crippen LogP contribution in [0.25, 0.3) is 0 Å². The zero-order valence-corrected chi connectivity index (χ0v) is 10.5. The molecule has 0 unspecified atom stereocenters. The van der Waals surface area contributed by atoms with E-state index in [2.05, 4.69) is 15.9 Å². The molecule has 1 rings (SSSR count). The summed E-state index contributed by atoms with van der Waals surface area (Å²) in [4.78, 5) is 0. The van der Waals surface area contributed by atoms with Gasteiger partial charge in [-0.15, -0.1) is 0 Å². The number of benzene rings is 1. The van der Waals surface area contributed by atoms with Gasteiger partial charge < -0.3 is 15.6 Å². The molecule has 0 aliphatic rings. The summed E-state index contributed by atoms with van der Waals surface area (Å²) in [5, 5.41) is 9.69. The summed E-state index contributed by atoms with van der Waals surface area (Å²) in [5.74, 6) is -0.292. The lowest BCUT2D eigenvalue weighted by Gasteiger charge is -2.17. The van der Waals surface area contributed by atoms with Crippen molar-refractivity contribution in [3.05, 3.63) is 22.2 Å². The minimum Gasteiger partial charge on any atom is -0.504 e. The summed E-state index contributed by atoms with van der Waals surface area (Å²) < 4.78 is 41.9. The van der Waals surface area contributed by atoms with E-state index in [0.29, 0.717) is 4.47 Å². The molecule has 3 nitrogen and oxygen atoms in total. The minimum absolute atomic E-state index is 0.00597. The monoisotopic (exact) mass is 313 g/mol. The quantitative estimate of drug-likeness (QED) is 0.901. The van der Waals surface area contributed by atoms with Crippen molar-refractivity contribution < 1.29 is 23.0 Å². The van der Waals surface area contributed by atoms with Crippen LogP contribution in [0.3, 0.4) is 0 Å². The van der Waals surface area contributed by atoms with Gasteiger partial charge in [-0.3, -0.25) is 0 Å². The summed E-state index contributed by atoms with van der Waals surface area (Å²) >= 11 is 3.11. The van der Waals surface area contributed by atoms with Crippen LogP contribution in [-0.4, -0.2) is 18.4 Å². The summed E-state index contributed by atoms with van der Waals surface area (Å²) in [6.45, 7) is 0. The van der Waals surface area contributed by atoms with E-state index in [1.54, 1.807) is 0 Å². The van der Waals surface area contributed by atoms with Crippen LogP contribution >= 0.6 is 15.9 Å². The highest BCUT2D eigenvalue weighted by Crippen LogP contribution is 2.39. The zero-order chi connectivity index (χ0) is 13.2. The van der Waals surface area contributed by atoms with Gasteiger partial charge in [-0.1, -0.05) is 15.9 Å². The molecular weight excluding hydrogens is 303 g/mol. The van der Waals surface area contributed by atoms with Crippen LogP contribution < -0.4 is 10.5 Å². The van der Waals surface area contributed by atoms with Crippen molar-refractivity contribution in [3.63, 3.8) is 0 Å². The Balaban J connectivity index is 3.09. The highest BCUT2D eigenvalue weighted by molar-refractivity contribution is 9.10. The second kappa shape index (κ2) is 5.14. The second-order valence-electron chi connectivity index (χ2n) is 3.47. The Morgan fingerprint density at radius 1 is 1.47 bits per heavy atom. The maximum atomic E-state index is 12.2. The third-order valence-corrected chi connectivity index (χ3v) is 2.60. The van der Waals surface area contributed by atoms with E-state index in [9.17, 15) is 18.3 Å². The number of ether oxygens (including phenoxy) is 1. The molecule has 0 spiro atoms. The molecule has 1 aromatic rings. The Labute approximate surface area is 105 Å². The van der Waals surface area contributed by atoms with Crippen molar-refractivity contribution in [1.29, 1.82) is 0 Å². The van der Waals surface area contributed by atoms with E-state index in [0.717, 1.165) is 0 Å². The van der Waals surface area contributed by atoms with Crippen molar-refractivity contribution in [1.82, 2.24) is 0 Å². The van der Waals surface area contributed by atoms with Crippen LogP contribution in [0, 0.1) is 0 Å². The number of methoxy groups -OCH3 is 1. The van der Waals surface area contributed by atoms with E-state index >= 15 is 0 Å². The molecule has 0 amide bonds. The Morgan fingerprint density at radius 2 is 2.06 bits per heavy atom. The molecule has 0 aliphatic carbocycles. The molecule has 0 aromatic heterocycles. The molecule has 0 bridgehead atoms. The fraction of sp³-hybridized carbons (Fsp3) is 0.400. The highest BCUT2D eigenvalue weighted by Gasteiger charge is 2.32. The van der Waals surface area contributed by atoms with E-state index in [1.807, 2.05) is 0 Å². The summed E-state index contributed by atoms with van der Waals surface area (Å²) in [6, 6.07) is 1.45. The van der Waals surface area contributed by atoms with Gasteiger partial charge in [0.1, 0.15) is 0 Å². The molecule has 0 saturated heterocycles. The number of hydrogen-bond donors (Lipinski definition) is 2. The van der Waals surface area contributed by atoms with Crippen LogP contribution in [0.5, 0.6) is 11.5 Å². The number of phenols is 1. The van der Waals surface area contributed by atoms with E-state index in [4.69, 9.17) is 10.5 Å². The van der Waals surface area contributed by atoms with Gasteiger partial charge in [0.2, 0.25) is 0 Å². The molecule has 0 aliphatic heterocycles. The van der Waals surface area contributed by atoms with Gasteiger partial charge in [-0.25, -0.2) is 0 Å². The predicted octanol–water partition coefficient (Wildman–Crippen LogP) is 3.12. The first kappa shape index (κ1) is 14.1. The van der Waals surface area contributed by atoms with Gasteiger partial charge >= 0.3 is 6.18 Å². The van der Waals surface area contributed by atoms with Gasteiger partial charge in [-0.2, -0.15) is 13.2 Å². The topological polar surface area (TPSA) is 55.5 Å². The Hall–Kier alpha value is -0.950. The van der Waals surface area contributed by atoms with E-state index < -0.39 is 18.6 Å². The Morgan fingerprint density at radius 3 is 2.53 bits per heavy atom. The van der Waals surface area contributed by atoms with Gasteiger partial charge in [0.15, 0.2) is 11.5 Å². The largest absolute Gasteiger partial charge is 0.504 e. The average molecular weight is 314 g/mol. The first-order valence-electron chi connectivity index (χ1n) is 4.63. The maximum absolute atomic E-state index is 12.2. The molecule has 96 valence electrons. The van der Waals surface area contributed by atoms with E-state index in [-0.39, 0.29) is 17.1 Å². The number of aromatic hydroxyl groups is 1. The molecule has 0 heterocycles. The molecule has 7 heteroatoms. The molecule has 3 N–H and O–H groups in total. The molecule has 0 radical (unpaired) electrons. The SMILES string of the molecule is COc1cc(Br)cc([C@H](N)CC(F)(F)F)c1O. The predicted molar refractivity (Wildman–Crippen MR) is 60.0 cm³/mol. The summed E-state index contributed by atoms with van der Waals surface area (Å²) in [5.41, 5.74) is 5.41. The zero-order valence-electron chi connectivity index (χ0n) is 8.88. The minimum atomic E-state index is -4.39. The van der Waals surface area contributed by atoms with Crippen LogP contribution in [0.1, 0.15) is 18.0 Å². The average Bonchev–Trinajstić information content (AvgIpc) is 2.18. The summed E-state index contributed by atoms with van der Waals surface area (Å²) in [7, 11) is 1.31. The van der Waals surface area contributed by atoms with Crippen molar-refractivity contribution >= 4 is 15.9 Å². The second-order valence-corrected chi connectivity index (χ2v) is 4.39.